The molecule has 316 valence electrons. The van der Waals surface area contributed by atoms with E-state index in [4.69, 9.17) is 11.5 Å². The predicted octanol–water partition coefficient (Wildman–Crippen LogP) is 1.61. The molecule has 0 unspecified atom stereocenters. The van der Waals surface area contributed by atoms with Crippen molar-refractivity contribution in [2.24, 2.45) is 16.9 Å². The number of carbonyl (C=O) groups excluding carboxylic acids is 4. The van der Waals surface area contributed by atoms with E-state index in [0.29, 0.717) is 61.3 Å². The number of hydrogen-bond acceptors (Lipinski definition) is 4. The molecule has 12 heteroatoms. The van der Waals surface area contributed by atoms with E-state index in [1.54, 1.807) is 60.7 Å². The van der Waals surface area contributed by atoms with Crippen molar-refractivity contribution in [2.75, 3.05) is 10.6 Å². The summed E-state index contributed by atoms with van der Waals surface area (Å²) in [5, 5.41) is 5.72. The Bertz CT molecular complexity index is 2400. The number of anilines is 2. The van der Waals surface area contributed by atoms with E-state index in [9.17, 15) is 19.2 Å². The number of hydrogen-bond donors (Lipinski definition) is 4. The first kappa shape index (κ1) is 52.4. The summed E-state index contributed by atoms with van der Waals surface area (Å²) in [6.07, 6.45) is 0. The topological polar surface area (TPSA) is 144 Å². The third-order valence-corrected chi connectivity index (χ3v) is 12.0. The van der Waals surface area contributed by atoms with Gasteiger partial charge < -0.3 is 59.3 Å². The molecular weight excluding hydrogens is 875 g/mol. The number of carbonyl (C=O) groups is 4. The first-order valence-electron chi connectivity index (χ1n) is 19.0. The maximum Gasteiger partial charge on any atom is 0.256 e. The van der Waals surface area contributed by atoms with Gasteiger partial charge in [-0.1, -0.05) is 109 Å². The van der Waals surface area contributed by atoms with Gasteiger partial charge in [-0.25, -0.2) is 0 Å². The van der Waals surface area contributed by atoms with Gasteiger partial charge in [-0.2, -0.15) is 0 Å². The van der Waals surface area contributed by atoms with Crippen LogP contribution in [-0.2, 0) is 20.4 Å². The Morgan fingerprint density at radius 1 is 0.435 bits per heavy atom. The standard InChI is InChI=1S/2C20H16N2O2.C10H15.3ClH.Ti/c2*21-19(23)17-12-6-4-10-15(17)16-11-5-7-13-18(16)20(24)22-14-8-2-1-3-9-14;1-7-6-10(4,5)9(3)8(7)2;;;;/h2*1-13H,(H2,21,23)(H,22,24);1-5H3;3*1H;/q;;;;;;+3/p-3. The quantitative estimate of drug-likeness (QED) is 0.172. The van der Waals surface area contributed by atoms with Crippen molar-refractivity contribution in [3.05, 3.63) is 201 Å². The maximum atomic E-state index is 12.7. The van der Waals surface area contributed by atoms with Crippen LogP contribution in [0.15, 0.2) is 178 Å². The molecule has 0 aliphatic heterocycles. The van der Waals surface area contributed by atoms with Crippen LogP contribution in [0.3, 0.4) is 0 Å². The van der Waals surface area contributed by atoms with Gasteiger partial charge >= 0.3 is 81.1 Å². The van der Waals surface area contributed by atoms with E-state index in [1.807, 2.05) is 97.1 Å². The number of benzene rings is 6. The molecule has 0 spiro atoms. The van der Waals surface area contributed by atoms with Crippen LogP contribution in [-0.4, -0.2) is 23.6 Å². The van der Waals surface area contributed by atoms with Crippen molar-refractivity contribution in [3.63, 3.8) is 0 Å². The Morgan fingerprint density at radius 2 is 0.710 bits per heavy atom. The molecule has 7 rings (SSSR count). The van der Waals surface area contributed by atoms with Gasteiger partial charge in [0.15, 0.2) is 0 Å². The number of nitrogens with one attached hydrogen (secondary N) is 2. The monoisotopic (exact) mass is 920 g/mol. The van der Waals surface area contributed by atoms with Gasteiger partial charge in [0.1, 0.15) is 0 Å². The molecule has 8 nitrogen and oxygen atoms in total. The summed E-state index contributed by atoms with van der Waals surface area (Å²) in [5.41, 5.74) is 21.5. The molecule has 6 N–H and O–H groups in total. The minimum Gasteiger partial charge on any atom is -1.00 e. The van der Waals surface area contributed by atoms with E-state index in [0.717, 1.165) is 0 Å². The summed E-state index contributed by atoms with van der Waals surface area (Å²) >= 11 is 2.25. The van der Waals surface area contributed by atoms with Gasteiger partial charge in [0, 0.05) is 33.6 Å². The first-order chi connectivity index (χ1) is 28.2. The van der Waals surface area contributed by atoms with E-state index in [-0.39, 0.29) is 49.0 Å². The third kappa shape index (κ3) is 12.7. The van der Waals surface area contributed by atoms with Crippen LogP contribution < -0.4 is 59.3 Å². The van der Waals surface area contributed by atoms with E-state index < -0.39 is 11.8 Å². The van der Waals surface area contributed by atoms with Crippen LogP contribution in [0.5, 0.6) is 0 Å². The molecule has 0 saturated heterocycles. The van der Waals surface area contributed by atoms with Gasteiger partial charge in [0.2, 0.25) is 11.8 Å². The molecule has 1 aliphatic carbocycles. The fraction of sp³-hybridized carbons (Fsp3) is 0.120. The molecule has 0 bridgehead atoms. The van der Waals surface area contributed by atoms with E-state index >= 15 is 0 Å². The fourth-order valence-corrected chi connectivity index (χ4v) is 7.32. The zero-order chi connectivity index (χ0) is 42.7. The van der Waals surface area contributed by atoms with Crippen molar-refractivity contribution >= 4 is 35.0 Å². The molecule has 0 atom stereocenters. The van der Waals surface area contributed by atoms with Gasteiger partial charge in [0.25, 0.3) is 11.8 Å². The van der Waals surface area contributed by atoms with Crippen LogP contribution in [0.25, 0.3) is 22.3 Å². The van der Waals surface area contributed by atoms with Crippen molar-refractivity contribution < 1.29 is 76.8 Å². The molecule has 62 heavy (non-hydrogen) atoms. The number of nitrogens with two attached hydrogens (primary N) is 2. The summed E-state index contributed by atoms with van der Waals surface area (Å²) in [6, 6.07) is 46.7. The van der Waals surface area contributed by atoms with Gasteiger partial charge in [0.05, 0.1) is 0 Å². The van der Waals surface area contributed by atoms with Crippen LogP contribution in [0, 0.1) is 5.41 Å². The number of allylic oxidation sites excluding steroid dienone is 4. The first-order valence-corrected chi connectivity index (χ1v) is 19.8. The average Bonchev–Trinajstić information content (AvgIpc) is 3.38. The van der Waals surface area contributed by atoms with Crippen LogP contribution in [0.1, 0.15) is 76.1 Å². The Kier molecular flexibility index (Phi) is 20.3. The van der Waals surface area contributed by atoms with Crippen molar-refractivity contribution in [2.45, 2.75) is 34.6 Å². The molecule has 0 radical (unpaired) electrons. The number of primary amides is 2. The average molecular weight is 922 g/mol. The Hall–Kier alpha value is -5.74. The van der Waals surface area contributed by atoms with Crippen molar-refractivity contribution in [1.29, 1.82) is 0 Å². The number of amides is 4. The number of rotatable bonds is 8. The molecule has 4 amide bonds. The summed E-state index contributed by atoms with van der Waals surface area (Å²) in [5.74, 6) is -1.53. The fourth-order valence-electron chi connectivity index (χ4n) is 6.73. The minimum atomic E-state index is -0.524. The van der Waals surface area contributed by atoms with Crippen LogP contribution in [0.2, 0.25) is 0 Å². The second-order valence-corrected chi connectivity index (χ2v) is 15.2. The van der Waals surface area contributed by atoms with E-state index in [2.05, 4.69) is 65.7 Å². The number of para-hydroxylation sites is 2. The van der Waals surface area contributed by atoms with Gasteiger partial charge in [-0.05, 0) is 70.8 Å². The molecule has 6 aromatic rings. The molecule has 0 saturated carbocycles. The maximum absolute atomic E-state index is 12.7. The SMILES string of the molecule is CC1=C(C)C(C)(C)[C]([Ti+3])=C1C.NC(=O)c1ccccc1-c1ccccc1C(=O)Nc1ccccc1.NC(=O)c1ccccc1-c1ccccc1C(=O)Nc1ccccc1.[Cl-].[Cl-].[Cl-]. The van der Waals surface area contributed by atoms with Crippen molar-refractivity contribution in [3.8, 4) is 22.3 Å². The van der Waals surface area contributed by atoms with E-state index in [1.165, 1.54) is 20.6 Å². The van der Waals surface area contributed by atoms with Crippen LogP contribution in [0.4, 0.5) is 11.4 Å². The Morgan fingerprint density at radius 3 is 0.968 bits per heavy atom. The molecular formula is C50H47Cl3N4O4Ti. The molecule has 0 heterocycles. The largest absolute Gasteiger partial charge is 1.00 e. The second-order valence-electron chi connectivity index (χ2n) is 14.4. The number of halogens is 3. The summed E-state index contributed by atoms with van der Waals surface area (Å²) in [4.78, 5) is 48.7. The Labute approximate surface area is 394 Å². The third-order valence-electron chi connectivity index (χ3n) is 10.4. The predicted molar refractivity (Wildman–Crippen MR) is 234 cm³/mol. The molecule has 6 aromatic carbocycles. The second kappa shape index (κ2) is 24.0. The summed E-state index contributed by atoms with van der Waals surface area (Å²) < 4.78 is 1.53. The zero-order valence-electron chi connectivity index (χ0n) is 34.9. The van der Waals surface area contributed by atoms with Gasteiger partial charge in [-0.3, -0.25) is 19.2 Å². The molecule has 0 fully saturated rings. The molecule has 0 aromatic heterocycles. The summed E-state index contributed by atoms with van der Waals surface area (Å²) in [6.45, 7) is 11.3. The summed E-state index contributed by atoms with van der Waals surface area (Å²) in [7, 11) is 0. The normalized spacial score (nSPS) is 12.0. The Balaban J connectivity index is 0.000000333. The van der Waals surface area contributed by atoms with Crippen LogP contribution >= 0.6 is 0 Å². The smallest absolute Gasteiger partial charge is 0.256 e. The zero-order valence-corrected chi connectivity index (χ0v) is 38.8. The minimum absolute atomic E-state index is 0. The van der Waals surface area contributed by atoms with Crippen molar-refractivity contribution in [1.82, 2.24) is 0 Å². The molecule has 1 aliphatic rings. The van der Waals surface area contributed by atoms with Gasteiger partial charge in [-0.15, -0.1) is 0 Å².